The van der Waals surface area contributed by atoms with E-state index in [-0.39, 0.29) is 11.6 Å². The standard InChI is InChI=1S/C19H21N3O3/c1-11-17(22-16(10-21-11)18(20)23)14-6-2-12(3-7-14)13-4-8-15(9-5-13)19(24)25/h2-3,6-7,10,13,15H,4-5,8-9H2,1H3,(H2,20,23)(H,24,25). The van der Waals surface area contributed by atoms with E-state index >= 15 is 0 Å². The van der Waals surface area contributed by atoms with Crippen molar-refractivity contribution in [2.75, 3.05) is 0 Å². The van der Waals surface area contributed by atoms with Gasteiger partial charge < -0.3 is 10.8 Å². The predicted octanol–water partition coefficient (Wildman–Crippen LogP) is 2.91. The molecule has 1 fully saturated rings. The van der Waals surface area contributed by atoms with Gasteiger partial charge in [0, 0.05) is 5.56 Å². The molecule has 2 aromatic rings. The average Bonchev–Trinajstić information content (AvgIpc) is 2.62. The number of primary amides is 1. The Morgan fingerprint density at radius 2 is 1.76 bits per heavy atom. The first-order chi connectivity index (χ1) is 12.0. The number of nitrogens with two attached hydrogens (primary N) is 1. The third-order valence-corrected chi connectivity index (χ3v) is 4.94. The molecule has 0 aliphatic heterocycles. The molecule has 25 heavy (non-hydrogen) atoms. The molecule has 0 radical (unpaired) electrons. The Hall–Kier alpha value is -2.76. The third kappa shape index (κ3) is 3.68. The van der Waals surface area contributed by atoms with Crippen molar-refractivity contribution >= 4 is 11.9 Å². The highest BCUT2D eigenvalue weighted by Crippen LogP contribution is 2.36. The Morgan fingerprint density at radius 1 is 1.12 bits per heavy atom. The number of rotatable bonds is 4. The van der Waals surface area contributed by atoms with Crippen molar-refractivity contribution in [3.63, 3.8) is 0 Å². The summed E-state index contributed by atoms with van der Waals surface area (Å²) >= 11 is 0. The zero-order chi connectivity index (χ0) is 18.0. The largest absolute Gasteiger partial charge is 0.481 e. The molecule has 6 nitrogen and oxygen atoms in total. The van der Waals surface area contributed by atoms with Crippen LogP contribution in [0.4, 0.5) is 0 Å². The maximum Gasteiger partial charge on any atom is 0.306 e. The Labute approximate surface area is 146 Å². The lowest BCUT2D eigenvalue weighted by Crippen LogP contribution is -2.20. The summed E-state index contributed by atoms with van der Waals surface area (Å²) in [4.78, 5) is 30.9. The lowest BCUT2D eigenvalue weighted by atomic mass is 9.78. The van der Waals surface area contributed by atoms with Gasteiger partial charge in [-0.3, -0.25) is 14.6 Å². The molecule has 1 saturated carbocycles. The van der Waals surface area contributed by atoms with Crippen LogP contribution in [0, 0.1) is 12.8 Å². The molecule has 1 aliphatic rings. The van der Waals surface area contributed by atoms with Crippen LogP contribution < -0.4 is 5.73 Å². The minimum Gasteiger partial charge on any atom is -0.481 e. The van der Waals surface area contributed by atoms with Gasteiger partial charge in [-0.1, -0.05) is 24.3 Å². The van der Waals surface area contributed by atoms with Crippen molar-refractivity contribution < 1.29 is 14.7 Å². The van der Waals surface area contributed by atoms with Crippen LogP contribution in [-0.2, 0) is 4.79 Å². The van der Waals surface area contributed by atoms with Crippen molar-refractivity contribution in [2.45, 2.75) is 38.5 Å². The van der Waals surface area contributed by atoms with E-state index in [4.69, 9.17) is 10.8 Å². The fourth-order valence-corrected chi connectivity index (χ4v) is 3.43. The van der Waals surface area contributed by atoms with Crippen LogP contribution in [0.2, 0.25) is 0 Å². The van der Waals surface area contributed by atoms with Crippen LogP contribution in [0.5, 0.6) is 0 Å². The molecule has 1 aromatic heterocycles. The van der Waals surface area contributed by atoms with E-state index in [2.05, 4.69) is 22.1 Å². The summed E-state index contributed by atoms with van der Waals surface area (Å²) in [6.45, 7) is 1.84. The maximum atomic E-state index is 11.3. The van der Waals surface area contributed by atoms with E-state index in [0.717, 1.165) is 36.9 Å². The molecular formula is C19H21N3O3. The molecule has 1 aromatic carbocycles. The van der Waals surface area contributed by atoms with Crippen molar-refractivity contribution in [1.29, 1.82) is 0 Å². The van der Waals surface area contributed by atoms with Crippen LogP contribution in [0.25, 0.3) is 11.3 Å². The minimum absolute atomic E-state index is 0.150. The summed E-state index contributed by atoms with van der Waals surface area (Å²) < 4.78 is 0. The lowest BCUT2D eigenvalue weighted by molar-refractivity contribution is -0.142. The summed E-state index contributed by atoms with van der Waals surface area (Å²) in [6.07, 6.45) is 4.63. The maximum absolute atomic E-state index is 11.3. The number of benzene rings is 1. The number of hydrogen-bond donors (Lipinski definition) is 2. The molecule has 0 saturated heterocycles. The summed E-state index contributed by atoms with van der Waals surface area (Å²) in [5.74, 6) is -1.09. The van der Waals surface area contributed by atoms with E-state index in [9.17, 15) is 9.59 Å². The highest BCUT2D eigenvalue weighted by molar-refractivity contribution is 5.91. The fraction of sp³-hybridized carbons (Fsp3) is 0.368. The molecule has 0 atom stereocenters. The van der Waals surface area contributed by atoms with Gasteiger partial charge in [-0.05, 0) is 44.1 Å². The van der Waals surface area contributed by atoms with Crippen molar-refractivity contribution in [3.8, 4) is 11.3 Å². The predicted molar refractivity (Wildman–Crippen MR) is 93.1 cm³/mol. The fourth-order valence-electron chi connectivity index (χ4n) is 3.43. The molecule has 0 spiro atoms. The van der Waals surface area contributed by atoms with Crippen LogP contribution in [-0.4, -0.2) is 27.0 Å². The van der Waals surface area contributed by atoms with Gasteiger partial charge in [-0.2, -0.15) is 0 Å². The minimum atomic E-state index is -0.683. The van der Waals surface area contributed by atoms with Gasteiger partial charge in [-0.15, -0.1) is 0 Å². The first-order valence-corrected chi connectivity index (χ1v) is 8.42. The van der Waals surface area contributed by atoms with Crippen molar-refractivity contribution in [2.24, 2.45) is 11.7 Å². The highest BCUT2D eigenvalue weighted by atomic mass is 16.4. The molecule has 1 heterocycles. The third-order valence-electron chi connectivity index (χ3n) is 4.94. The van der Waals surface area contributed by atoms with E-state index < -0.39 is 11.9 Å². The smallest absolute Gasteiger partial charge is 0.306 e. The number of aromatic nitrogens is 2. The van der Waals surface area contributed by atoms with Crippen LogP contribution in [0.15, 0.2) is 30.5 Å². The topological polar surface area (TPSA) is 106 Å². The van der Waals surface area contributed by atoms with Gasteiger partial charge in [0.2, 0.25) is 0 Å². The number of carboxylic acids is 1. The second kappa shape index (κ2) is 7.01. The summed E-state index contributed by atoms with van der Waals surface area (Å²) in [5, 5.41) is 9.10. The molecule has 0 bridgehead atoms. The Kier molecular flexibility index (Phi) is 4.79. The van der Waals surface area contributed by atoms with Gasteiger partial charge >= 0.3 is 5.97 Å². The van der Waals surface area contributed by atoms with Crippen molar-refractivity contribution in [3.05, 3.63) is 47.4 Å². The summed E-state index contributed by atoms with van der Waals surface area (Å²) in [6, 6.07) is 8.05. The molecular weight excluding hydrogens is 318 g/mol. The molecule has 0 unspecified atom stereocenters. The van der Waals surface area contributed by atoms with E-state index in [0.29, 0.717) is 11.6 Å². The van der Waals surface area contributed by atoms with E-state index in [1.165, 1.54) is 11.8 Å². The number of nitrogens with zero attached hydrogens (tertiary/aromatic N) is 2. The molecule has 1 amide bonds. The van der Waals surface area contributed by atoms with Gasteiger partial charge in [-0.25, -0.2) is 4.98 Å². The van der Waals surface area contributed by atoms with E-state index in [1.54, 1.807) is 0 Å². The van der Waals surface area contributed by atoms with Crippen LogP contribution in [0.3, 0.4) is 0 Å². The first-order valence-electron chi connectivity index (χ1n) is 8.42. The monoisotopic (exact) mass is 339 g/mol. The number of carboxylic acid groups (broad SMARTS) is 1. The molecule has 3 rings (SSSR count). The number of carbonyl (C=O) groups is 2. The zero-order valence-corrected chi connectivity index (χ0v) is 14.1. The summed E-state index contributed by atoms with van der Waals surface area (Å²) in [7, 11) is 0. The number of amides is 1. The van der Waals surface area contributed by atoms with Crippen molar-refractivity contribution in [1.82, 2.24) is 9.97 Å². The molecule has 3 N–H and O–H groups in total. The zero-order valence-electron chi connectivity index (χ0n) is 14.1. The SMILES string of the molecule is Cc1ncc(C(N)=O)nc1-c1ccc(C2CCC(C(=O)O)CC2)cc1. The summed E-state index contributed by atoms with van der Waals surface area (Å²) in [5.41, 5.74) is 8.92. The average molecular weight is 339 g/mol. The Balaban J connectivity index is 1.78. The Bertz CT molecular complexity index is 794. The van der Waals surface area contributed by atoms with Gasteiger partial charge in [0.05, 0.1) is 23.5 Å². The van der Waals surface area contributed by atoms with Crippen LogP contribution >= 0.6 is 0 Å². The number of hydrogen-bond acceptors (Lipinski definition) is 4. The van der Waals surface area contributed by atoms with Crippen LogP contribution in [0.1, 0.15) is 53.3 Å². The quantitative estimate of drug-likeness (QED) is 0.891. The van der Waals surface area contributed by atoms with Gasteiger partial charge in [0.25, 0.3) is 5.91 Å². The second-order valence-electron chi connectivity index (χ2n) is 6.56. The number of aliphatic carboxylic acids is 1. The first kappa shape index (κ1) is 17.1. The Morgan fingerprint density at radius 3 is 2.32 bits per heavy atom. The normalized spacial score (nSPS) is 20.2. The molecule has 1 aliphatic carbocycles. The number of aryl methyl sites for hydroxylation is 1. The van der Waals surface area contributed by atoms with Gasteiger partial charge in [0.15, 0.2) is 0 Å². The highest BCUT2D eigenvalue weighted by Gasteiger charge is 2.26. The molecule has 6 heteroatoms. The molecule has 130 valence electrons. The van der Waals surface area contributed by atoms with E-state index in [1.807, 2.05) is 19.1 Å². The second-order valence-corrected chi connectivity index (χ2v) is 6.56. The number of carbonyl (C=O) groups excluding carboxylic acids is 1. The lowest BCUT2D eigenvalue weighted by Gasteiger charge is -2.26. The van der Waals surface area contributed by atoms with Gasteiger partial charge in [0.1, 0.15) is 5.69 Å².